The minimum Gasteiger partial charge on any atom is -0.391 e. The molecule has 110 valence electrons. The van der Waals surface area contributed by atoms with E-state index in [1.54, 1.807) is 0 Å². The van der Waals surface area contributed by atoms with E-state index in [-0.39, 0.29) is 6.61 Å². The van der Waals surface area contributed by atoms with Crippen molar-refractivity contribution in [3.63, 3.8) is 0 Å². The Balaban J connectivity index is 2.80. The minimum atomic E-state index is 0.249. The predicted octanol–water partition coefficient (Wildman–Crippen LogP) is 3.38. The predicted molar refractivity (Wildman–Crippen MR) is 82.9 cm³/mol. The van der Waals surface area contributed by atoms with Gasteiger partial charge < -0.3 is 9.59 Å². The Bertz CT molecular complexity index is 352. The van der Waals surface area contributed by atoms with E-state index >= 15 is 0 Å². The number of hydrogen-bond acceptors (Lipinski definition) is 1. The fourth-order valence-corrected chi connectivity index (χ4v) is 2.95. The van der Waals surface area contributed by atoms with Crippen LogP contribution in [0.1, 0.15) is 40.5 Å². The van der Waals surface area contributed by atoms with E-state index in [0.29, 0.717) is 17.4 Å². The molecule has 2 heteroatoms. The highest BCUT2D eigenvalue weighted by Crippen LogP contribution is 2.41. The lowest BCUT2D eigenvalue weighted by Crippen LogP contribution is -2.48. The maximum atomic E-state index is 9.14. The average Bonchev–Trinajstić information content (AvgIpc) is 2.27. The zero-order valence-corrected chi connectivity index (χ0v) is 13.6. The van der Waals surface area contributed by atoms with Crippen LogP contribution in [0.2, 0.25) is 0 Å². The molecule has 0 aromatic carbocycles. The second-order valence-corrected chi connectivity index (χ2v) is 7.30. The van der Waals surface area contributed by atoms with Crippen LogP contribution in [0.5, 0.6) is 0 Å². The third kappa shape index (κ3) is 4.19. The van der Waals surface area contributed by atoms with Gasteiger partial charge in [-0.3, -0.25) is 0 Å². The molecule has 0 amide bonds. The Morgan fingerprint density at radius 2 is 2.11 bits per heavy atom. The highest BCUT2D eigenvalue weighted by Gasteiger charge is 2.31. The van der Waals surface area contributed by atoms with Crippen LogP contribution in [0.3, 0.4) is 0 Å². The van der Waals surface area contributed by atoms with E-state index in [2.05, 4.69) is 60.0 Å². The largest absolute Gasteiger partial charge is 0.391 e. The molecular weight excluding hydrogens is 234 g/mol. The van der Waals surface area contributed by atoms with Crippen LogP contribution in [-0.4, -0.2) is 42.9 Å². The third-order valence-corrected chi connectivity index (χ3v) is 4.95. The lowest BCUT2D eigenvalue weighted by atomic mass is 9.68. The fourth-order valence-electron chi connectivity index (χ4n) is 2.95. The minimum absolute atomic E-state index is 0.249. The molecule has 2 atom stereocenters. The van der Waals surface area contributed by atoms with E-state index < -0.39 is 0 Å². The summed E-state index contributed by atoms with van der Waals surface area (Å²) in [4.78, 5) is 0. The van der Waals surface area contributed by atoms with Gasteiger partial charge in [0.15, 0.2) is 0 Å². The Hall–Kier alpha value is -0.600. The van der Waals surface area contributed by atoms with E-state index in [1.165, 1.54) is 18.4 Å². The molecule has 0 saturated heterocycles. The van der Waals surface area contributed by atoms with Gasteiger partial charge in [-0.15, -0.1) is 0 Å². The van der Waals surface area contributed by atoms with Crippen molar-refractivity contribution in [2.45, 2.75) is 46.6 Å². The van der Waals surface area contributed by atoms with Gasteiger partial charge in [0, 0.05) is 5.92 Å². The lowest BCUT2D eigenvalue weighted by Gasteiger charge is -2.38. The SMILES string of the molecule is CC1=CCCC(C)(C)C1/C=C/C(C)[N+](C)(C)CCO. The van der Waals surface area contributed by atoms with Crippen molar-refractivity contribution >= 4 is 0 Å². The van der Waals surface area contributed by atoms with Crippen LogP contribution in [-0.2, 0) is 0 Å². The van der Waals surface area contributed by atoms with Crippen molar-refractivity contribution in [1.29, 1.82) is 0 Å². The topological polar surface area (TPSA) is 20.2 Å². The average molecular weight is 266 g/mol. The quantitative estimate of drug-likeness (QED) is 0.597. The molecule has 0 saturated carbocycles. The van der Waals surface area contributed by atoms with Crippen LogP contribution >= 0.6 is 0 Å². The zero-order chi connectivity index (χ0) is 14.7. The van der Waals surface area contributed by atoms with Crippen LogP contribution in [0.25, 0.3) is 0 Å². The van der Waals surface area contributed by atoms with Gasteiger partial charge in [-0.25, -0.2) is 0 Å². The number of nitrogens with zero attached hydrogens (tertiary/aromatic N) is 1. The van der Waals surface area contributed by atoms with Crippen LogP contribution in [0.4, 0.5) is 0 Å². The number of aliphatic hydroxyl groups is 1. The van der Waals surface area contributed by atoms with E-state index in [0.717, 1.165) is 11.0 Å². The normalized spacial score (nSPS) is 25.4. The second kappa shape index (κ2) is 6.23. The first-order valence-electron chi connectivity index (χ1n) is 7.49. The Labute approximate surface area is 119 Å². The summed E-state index contributed by atoms with van der Waals surface area (Å²) >= 11 is 0. The Morgan fingerprint density at radius 3 is 2.63 bits per heavy atom. The van der Waals surface area contributed by atoms with Gasteiger partial charge in [0.2, 0.25) is 0 Å². The van der Waals surface area contributed by atoms with Crippen molar-refractivity contribution in [2.24, 2.45) is 11.3 Å². The van der Waals surface area contributed by atoms with Gasteiger partial charge in [0.1, 0.15) is 12.6 Å². The van der Waals surface area contributed by atoms with Gasteiger partial charge in [0.25, 0.3) is 0 Å². The molecule has 1 aliphatic carbocycles. The van der Waals surface area contributed by atoms with Crippen molar-refractivity contribution in [2.75, 3.05) is 27.2 Å². The first-order chi connectivity index (χ1) is 8.70. The van der Waals surface area contributed by atoms with Gasteiger partial charge in [-0.1, -0.05) is 31.6 Å². The van der Waals surface area contributed by atoms with Gasteiger partial charge in [-0.05, 0) is 38.2 Å². The molecular formula is C17H32NO+. The first kappa shape index (κ1) is 16.5. The van der Waals surface area contributed by atoms with E-state index in [9.17, 15) is 0 Å². The van der Waals surface area contributed by atoms with Gasteiger partial charge in [-0.2, -0.15) is 0 Å². The zero-order valence-electron chi connectivity index (χ0n) is 13.6. The lowest BCUT2D eigenvalue weighted by molar-refractivity contribution is -0.906. The molecule has 0 fully saturated rings. The highest BCUT2D eigenvalue weighted by atomic mass is 16.3. The van der Waals surface area contributed by atoms with E-state index in [1.807, 2.05) is 0 Å². The van der Waals surface area contributed by atoms with Crippen molar-refractivity contribution < 1.29 is 9.59 Å². The molecule has 1 N–H and O–H groups in total. The molecule has 2 nitrogen and oxygen atoms in total. The summed E-state index contributed by atoms with van der Waals surface area (Å²) in [6.07, 6.45) is 9.60. The summed E-state index contributed by atoms with van der Waals surface area (Å²) in [6, 6.07) is 0.428. The fraction of sp³-hybridized carbons (Fsp3) is 0.765. The summed E-state index contributed by atoms with van der Waals surface area (Å²) in [5, 5.41) is 9.14. The molecule has 0 aromatic heterocycles. The van der Waals surface area contributed by atoms with Crippen LogP contribution < -0.4 is 0 Å². The van der Waals surface area contributed by atoms with Crippen molar-refractivity contribution in [3.05, 3.63) is 23.8 Å². The monoisotopic (exact) mass is 266 g/mol. The maximum Gasteiger partial charge on any atom is 0.104 e. The molecule has 2 unspecified atom stereocenters. The standard InChI is InChI=1S/C17H32NO/c1-14-8-7-11-17(3,4)16(14)10-9-15(2)18(5,6)12-13-19/h8-10,15-16,19H,7,11-13H2,1-6H3/q+1/b10-9+. The molecule has 1 aliphatic rings. The number of aliphatic hydroxyl groups excluding tert-OH is 1. The smallest absolute Gasteiger partial charge is 0.104 e. The number of quaternary nitrogens is 1. The molecule has 0 aromatic rings. The molecule has 1 rings (SSSR count). The van der Waals surface area contributed by atoms with Crippen LogP contribution in [0.15, 0.2) is 23.8 Å². The second-order valence-electron chi connectivity index (χ2n) is 7.30. The Kier molecular flexibility index (Phi) is 5.40. The third-order valence-electron chi connectivity index (χ3n) is 4.95. The van der Waals surface area contributed by atoms with Crippen LogP contribution in [0, 0.1) is 11.3 Å². The summed E-state index contributed by atoms with van der Waals surface area (Å²) in [5.74, 6) is 0.554. The molecule has 0 bridgehead atoms. The molecule has 0 aliphatic heterocycles. The summed E-state index contributed by atoms with van der Waals surface area (Å²) in [6.45, 7) is 10.3. The summed E-state index contributed by atoms with van der Waals surface area (Å²) in [7, 11) is 4.36. The number of hydrogen-bond donors (Lipinski definition) is 1. The van der Waals surface area contributed by atoms with Gasteiger partial charge >= 0.3 is 0 Å². The first-order valence-corrected chi connectivity index (χ1v) is 7.49. The maximum absolute atomic E-state index is 9.14. The summed E-state index contributed by atoms with van der Waals surface area (Å²) in [5.41, 5.74) is 1.87. The molecule has 0 spiro atoms. The highest BCUT2D eigenvalue weighted by molar-refractivity contribution is 5.19. The molecule has 0 heterocycles. The van der Waals surface area contributed by atoms with Crippen molar-refractivity contribution in [3.8, 4) is 0 Å². The van der Waals surface area contributed by atoms with E-state index in [4.69, 9.17) is 5.11 Å². The number of allylic oxidation sites excluding steroid dienone is 3. The Morgan fingerprint density at radius 1 is 1.47 bits per heavy atom. The van der Waals surface area contributed by atoms with Gasteiger partial charge in [0.05, 0.1) is 20.7 Å². The molecule has 19 heavy (non-hydrogen) atoms. The summed E-state index contributed by atoms with van der Waals surface area (Å²) < 4.78 is 0.836. The molecule has 0 radical (unpaired) electrons. The van der Waals surface area contributed by atoms with Crippen molar-refractivity contribution in [1.82, 2.24) is 0 Å². The number of likely N-dealkylation sites (N-methyl/N-ethyl adjacent to an activating group) is 1. The number of rotatable bonds is 5.